The maximum Gasteiger partial charge on any atom is 0.174 e. The standard InChI is InChI=1S/C15H19BrN2O3/c1-11-8-13(21-18-11)10-20-15-12(4-3-5-14(15)16)9-17-6-7-19-2/h3-5,8,17H,6-7,9-10H2,1-2H3. The molecule has 1 N–H and O–H groups in total. The number of aromatic nitrogens is 1. The normalized spacial score (nSPS) is 10.8. The van der Waals surface area contributed by atoms with E-state index in [4.69, 9.17) is 14.0 Å². The number of nitrogens with zero attached hydrogens (tertiary/aromatic N) is 1. The third-order valence-electron chi connectivity index (χ3n) is 2.88. The topological polar surface area (TPSA) is 56.5 Å². The van der Waals surface area contributed by atoms with Gasteiger partial charge in [0.25, 0.3) is 0 Å². The molecule has 0 atom stereocenters. The van der Waals surface area contributed by atoms with Crippen LogP contribution in [0.3, 0.4) is 0 Å². The summed E-state index contributed by atoms with van der Waals surface area (Å²) in [5, 5.41) is 7.16. The Hall–Kier alpha value is -1.37. The van der Waals surface area contributed by atoms with Gasteiger partial charge in [-0.3, -0.25) is 0 Å². The zero-order valence-electron chi connectivity index (χ0n) is 12.2. The van der Waals surface area contributed by atoms with Crippen molar-refractivity contribution >= 4 is 15.9 Å². The van der Waals surface area contributed by atoms with Crippen LogP contribution in [0.1, 0.15) is 17.0 Å². The van der Waals surface area contributed by atoms with E-state index in [1.54, 1.807) is 7.11 Å². The lowest BCUT2D eigenvalue weighted by Gasteiger charge is -2.13. The molecule has 1 aromatic carbocycles. The van der Waals surface area contributed by atoms with Crippen molar-refractivity contribution < 1.29 is 14.0 Å². The molecule has 0 bridgehead atoms. The molecular formula is C15H19BrN2O3. The summed E-state index contributed by atoms with van der Waals surface area (Å²) in [5.74, 6) is 1.53. The molecule has 2 rings (SSSR count). The first-order valence-corrected chi connectivity index (χ1v) is 7.52. The molecule has 2 aromatic rings. The number of methoxy groups -OCH3 is 1. The van der Waals surface area contributed by atoms with Crippen LogP contribution in [0.5, 0.6) is 5.75 Å². The fourth-order valence-corrected chi connectivity index (χ4v) is 2.40. The van der Waals surface area contributed by atoms with Crippen LogP contribution in [0.4, 0.5) is 0 Å². The minimum absolute atomic E-state index is 0.356. The van der Waals surface area contributed by atoms with E-state index in [9.17, 15) is 0 Å². The molecule has 0 saturated carbocycles. The van der Waals surface area contributed by atoms with E-state index in [1.807, 2.05) is 31.2 Å². The van der Waals surface area contributed by atoms with E-state index >= 15 is 0 Å². The maximum atomic E-state index is 5.87. The van der Waals surface area contributed by atoms with Crippen molar-refractivity contribution in [2.24, 2.45) is 0 Å². The van der Waals surface area contributed by atoms with Gasteiger partial charge in [-0.15, -0.1) is 0 Å². The number of aryl methyl sites for hydroxylation is 1. The van der Waals surface area contributed by atoms with Crippen molar-refractivity contribution in [3.8, 4) is 5.75 Å². The predicted molar refractivity (Wildman–Crippen MR) is 83.3 cm³/mol. The van der Waals surface area contributed by atoms with Crippen LogP contribution in [0, 0.1) is 6.92 Å². The van der Waals surface area contributed by atoms with Crippen molar-refractivity contribution in [2.75, 3.05) is 20.3 Å². The molecule has 0 unspecified atom stereocenters. The molecule has 1 heterocycles. The second-order valence-electron chi connectivity index (χ2n) is 4.62. The number of ether oxygens (including phenoxy) is 2. The lowest BCUT2D eigenvalue weighted by atomic mass is 10.2. The number of halogens is 1. The number of para-hydroxylation sites is 1. The van der Waals surface area contributed by atoms with E-state index in [-0.39, 0.29) is 0 Å². The smallest absolute Gasteiger partial charge is 0.174 e. The van der Waals surface area contributed by atoms with Gasteiger partial charge in [0, 0.05) is 31.8 Å². The van der Waals surface area contributed by atoms with Crippen LogP contribution in [0.25, 0.3) is 0 Å². The first-order valence-electron chi connectivity index (χ1n) is 6.72. The molecule has 0 radical (unpaired) electrons. The quantitative estimate of drug-likeness (QED) is 0.738. The number of hydrogen-bond donors (Lipinski definition) is 1. The van der Waals surface area contributed by atoms with Crippen molar-refractivity contribution in [1.82, 2.24) is 10.5 Å². The van der Waals surface area contributed by atoms with Crippen LogP contribution in [0.15, 0.2) is 33.3 Å². The average molecular weight is 355 g/mol. The summed E-state index contributed by atoms with van der Waals surface area (Å²) in [7, 11) is 1.69. The Labute approximate surface area is 132 Å². The van der Waals surface area contributed by atoms with Gasteiger partial charge < -0.3 is 19.3 Å². The van der Waals surface area contributed by atoms with Gasteiger partial charge in [0.15, 0.2) is 5.76 Å². The van der Waals surface area contributed by atoms with Crippen LogP contribution in [-0.4, -0.2) is 25.4 Å². The molecule has 6 heteroatoms. The third-order valence-corrected chi connectivity index (χ3v) is 3.51. The van der Waals surface area contributed by atoms with E-state index in [0.29, 0.717) is 25.5 Å². The van der Waals surface area contributed by atoms with Crippen LogP contribution >= 0.6 is 15.9 Å². The van der Waals surface area contributed by atoms with Gasteiger partial charge in [-0.2, -0.15) is 0 Å². The molecule has 1 aromatic heterocycles. The zero-order valence-corrected chi connectivity index (χ0v) is 13.8. The summed E-state index contributed by atoms with van der Waals surface area (Å²) in [5.41, 5.74) is 1.93. The molecule has 0 aliphatic heterocycles. The molecule has 0 fully saturated rings. The summed E-state index contributed by atoms with van der Waals surface area (Å²) in [6.45, 7) is 4.43. The number of rotatable bonds is 8. The predicted octanol–water partition coefficient (Wildman–Crippen LogP) is 3.06. The Balaban J connectivity index is 1.99. The summed E-state index contributed by atoms with van der Waals surface area (Å²) in [6.07, 6.45) is 0. The Morgan fingerprint density at radius 1 is 1.38 bits per heavy atom. The molecule has 0 aliphatic rings. The SMILES string of the molecule is COCCNCc1cccc(Br)c1OCc1cc(C)no1. The Kier molecular flexibility index (Phi) is 6.22. The van der Waals surface area contributed by atoms with E-state index in [1.165, 1.54) is 0 Å². The van der Waals surface area contributed by atoms with Gasteiger partial charge in [0.1, 0.15) is 12.4 Å². The molecule has 0 saturated heterocycles. The number of nitrogens with one attached hydrogen (secondary N) is 1. The van der Waals surface area contributed by atoms with Gasteiger partial charge in [0.05, 0.1) is 16.8 Å². The third kappa shape index (κ3) is 4.84. The lowest BCUT2D eigenvalue weighted by molar-refractivity contribution is 0.198. The van der Waals surface area contributed by atoms with Crippen LogP contribution in [0.2, 0.25) is 0 Å². The summed E-state index contributed by atoms with van der Waals surface area (Å²) in [4.78, 5) is 0. The highest BCUT2D eigenvalue weighted by atomic mass is 79.9. The van der Waals surface area contributed by atoms with Crippen molar-refractivity contribution in [3.05, 3.63) is 45.8 Å². The second-order valence-corrected chi connectivity index (χ2v) is 5.48. The fraction of sp³-hybridized carbons (Fsp3) is 0.400. The first-order chi connectivity index (χ1) is 10.2. The second kappa shape index (κ2) is 8.17. The van der Waals surface area contributed by atoms with E-state index < -0.39 is 0 Å². The minimum Gasteiger partial charge on any atom is -0.484 e. The van der Waals surface area contributed by atoms with Gasteiger partial charge >= 0.3 is 0 Å². The lowest BCUT2D eigenvalue weighted by Crippen LogP contribution is -2.19. The molecule has 0 aliphatic carbocycles. The molecular weight excluding hydrogens is 336 g/mol. The largest absolute Gasteiger partial charge is 0.484 e. The van der Waals surface area contributed by atoms with Crippen LogP contribution < -0.4 is 10.1 Å². The summed E-state index contributed by atoms with van der Waals surface area (Å²) in [6, 6.07) is 7.85. The van der Waals surface area contributed by atoms with Crippen molar-refractivity contribution in [3.63, 3.8) is 0 Å². The van der Waals surface area contributed by atoms with Crippen molar-refractivity contribution in [1.29, 1.82) is 0 Å². The molecule has 5 nitrogen and oxygen atoms in total. The van der Waals surface area contributed by atoms with E-state index in [2.05, 4.69) is 26.4 Å². The summed E-state index contributed by atoms with van der Waals surface area (Å²) >= 11 is 3.52. The first kappa shape index (κ1) is 16.0. The van der Waals surface area contributed by atoms with E-state index in [0.717, 1.165) is 28.0 Å². The highest BCUT2D eigenvalue weighted by Gasteiger charge is 2.10. The van der Waals surface area contributed by atoms with Gasteiger partial charge in [-0.05, 0) is 28.9 Å². The van der Waals surface area contributed by atoms with Crippen LogP contribution in [-0.2, 0) is 17.9 Å². The Morgan fingerprint density at radius 3 is 2.95 bits per heavy atom. The molecule has 114 valence electrons. The van der Waals surface area contributed by atoms with Gasteiger partial charge in [-0.25, -0.2) is 0 Å². The average Bonchev–Trinajstić information content (AvgIpc) is 2.88. The summed E-state index contributed by atoms with van der Waals surface area (Å²) < 4.78 is 17.0. The molecule has 0 spiro atoms. The molecule has 21 heavy (non-hydrogen) atoms. The number of benzene rings is 1. The monoisotopic (exact) mass is 354 g/mol. The van der Waals surface area contributed by atoms with Crippen molar-refractivity contribution in [2.45, 2.75) is 20.1 Å². The zero-order chi connectivity index (χ0) is 15.1. The number of hydrogen-bond acceptors (Lipinski definition) is 5. The minimum atomic E-state index is 0.356. The van der Waals surface area contributed by atoms with Gasteiger partial charge in [-0.1, -0.05) is 17.3 Å². The highest BCUT2D eigenvalue weighted by Crippen LogP contribution is 2.29. The van der Waals surface area contributed by atoms with Gasteiger partial charge in [0.2, 0.25) is 0 Å². The molecule has 0 amide bonds. The maximum absolute atomic E-state index is 5.87. The highest BCUT2D eigenvalue weighted by molar-refractivity contribution is 9.10. The fourth-order valence-electron chi connectivity index (χ4n) is 1.88. The Bertz CT molecular complexity index is 572. The Morgan fingerprint density at radius 2 is 2.24 bits per heavy atom.